The van der Waals surface area contributed by atoms with Crippen molar-refractivity contribution in [2.45, 2.75) is 6.92 Å². The SMILES string of the molecule is CC1=CC(=O)N(Nc2nc(-c3ccc(O)cc3)nc3scc(-c4cccs4)c23)C1=O. The number of thiophene rings is 2. The minimum Gasteiger partial charge on any atom is -0.508 e. The molecular weight excluding hydrogens is 420 g/mol. The molecule has 0 spiro atoms. The summed E-state index contributed by atoms with van der Waals surface area (Å²) in [5, 5.41) is 15.3. The van der Waals surface area contributed by atoms with Crippen molar-refractivity contribution in [1.82, 2.24) is 15.0 Å². The van der Waals surface area contributed by atoms with Crippen molar-refractivity contribution in [1.29, 1.82) is 0 Å². The summed E-state index contributed by atoms with van der Waals surface area (Å²) in [5.41, 5.74) is 4.92. The number of fused-ring (bicyclic) bond motifs is 1. The summed E-state index contributed by atoms with van der Waals surface area (Å²) in [6.45, 7) is 1.60. The fourth-order valence-electron chi connectivity index (χ4n) is 3.18. The Morgan fingerprint density at radius 2 is 1.87 bits per heavy atom. The number of nitrogens with one attached hydrogen (secondary N) is 1. The molecule has 148 valence electrons. The van der Waals surface area contributed by atoms with Crippen molar-refractivity contribution in [2.75, 3.05) is 5.43 Å². The Balaban J connectivity index is 1.68. The molecule has 0 aliphatic carbocycles. The first-order chi connectivity index (χ1) is 14.5. The van der Waals surface area contributed by atoms with E-state index in [1.54, 1.807) is 42.5 Å². The average Bonchev–Trinajstić information content (AvgIpc) is 3.45. The summed E-state index contributed by atoms with van der Waals surface area (Å²) in [6, 6.07) is 10.5. The van der Waals surface area contributed by atoms with E-state index < -0.39 is 11.8 Å². The quantitative estimate of drug-likeness (QED) is 0.461. The summed E-state index contributed by atoms with van der Waals surface area (Å²) < 4.78 is 0. The molecule has 30 heavy (non-hydrogen) atoms. The highest BCUT2D eigenvalue weighted by molar-refractivity contribution is 7.18. The van der Waals surface area contributed by atoms with Gasteiger partial charge in [-0.25, -0.2) is 9.97 Å². The Morgan fingerprint density at radius 3 is 2.53 bits per heavy atom. The number of benzene rings is 1. The third-order valence-electron chi connectivity index (χ3n) is 4.66. The third kappa shape index (κ3) is 3.04. The molecule has 3 aromatic heterocycles. The second-order valence-electron chi connectivity index (χ2n) is 6.67. The molecule has 1 aliphatic rings. The lowest BCUT2D eigenvalue weighted by atomic mass is 10.1. The van der Waals surface area contributed by atoms with Crippen LogP contribution in [-0.4, -0.2) is 31.9 Å². The number of rotatable bonds is 4. The van der Waals surface area contributed by atoms with Crippen LogP contribution in [0.15, 0.2) is 58.8 Å². The van der Waals surface area contributed by atoms with Crippen LogP contribution in [0.3, 0.4) is 0 Å². The van der Waals surface area contributed by atoms with E-state index in [4.69, 9.17) is 0 Å². The van der Waals surface area contributed by atoms with Gasteiger partial charge < -0.3 is 5.11 Å². The maximum atomic E-state index is 12.4. The fraction of sp³-hybridized carbons (Fsp3) is 0.0476. The first-order valence-corrected chi connectivity index (χ1v) is 10.7. The molecule has 0 fully saturated rings. The average molecular weight is 435 g/mol. The van der Waals surface area contributed by atoms with Crippen LogP contribution in [0.25, 0.3) is 32.0 Å². The number of aromatic hydroxyl groups is 1. The van der Waals surface area contributed by atoms with Crippen molar-refractivity contribution in [2.24, 2.45) is 0 Å². The number of amides is 2. The highest BCUT2D eigenvalue weighted by Gasteiger charge is 2.30. The van der Waals surface area contributed by atoms with Crippen LogP contribution in [0.1, 0.15) is 6.92 Å². The van der Waals surface area contributed by atoms with E-state index in [1.807, 2.05) is 22.9 Å². The van der Waals surface area contributed by atoms with Crippen LogP contribution >= 0.6 is 22.7 Å². The number of imide groups is 1. The smallest absolute Gasteiger partial charge is 0.275 e. The molecule has 0 atom stereocenters. The molecule has 9 heteroatoms. The number of carbonyl (C=O) groups is 2. The number of carbonyl (C=O) groups excluding carboxylic acids is 2. The van der Waals surface area contributed by atoms with E-state index in [1.165, 1.54) is 17.4 Å². The number of anilines is 1. The molecule has 0 bridgehead atoms. The first-order valence-electron chi connectivity index (χ1n) is 8.97. The summed E-state index contributed by atoms with van der Waals surface area (Å²) in [4.78, 5) is 35.8. The van der Waals surface area contributed by atoms with E-state index in [2.05, 4.69) is 15.4 Å². The molecule has 4 heterocycles. The van der Waals surface area contributed by atoms with Crippen molar-refractivity contribution < 1.29 is 14.7 Å². The molecule has 1 aromatic carbocycles. The summed E-state index contributed by atoms with van der Waals surface area (Å²) in [7, 11) is 0. The van der Waals surface area contributed by atoms with Crippen LogP contribution in [0.5, 0.6) is 5.75 Å². The summed E-state index contributed by atoms with van der Waals surface area (Å²) >= 11 is 3.05. The Hall–Kier alpha value is -3.56. The zero-order chi connectivity index (χ0) is 20.8. The molecule has 2 N–H and O–H groups in total. The van der Waals surface area contributed by atoms with Gasteiger partial charge in [0.25, 0.3) is 11.8 Å². The van der Waals surface area contributed by atoms with Crippen LogP contribution < -0.4 is 5.43 Å². The highest BCUT2D eigenvalue weighted by Crippen LogP contribution is 2.40. The largest absolute Gasteiger partial charge is 0.508 e. The Morgan fingerprint density at radius 1 is 1.07 bits per heavy atom. The van der Waals surface area contributed by atoms with Crippen molar-refractivity contribution in [3.05, 3.63) is 58.8 Å². The van der Waals surface area contributed by atoms with E-state index in [-0.39, 0.29) is 5.75 Å². The minimum absolute atomic E-state index is 0.143. The van der Waals surface area contributed by atoms with Crippen LogP contribution in [-0.2, 0) is 9.59 Å². The normalized spacial score (nSPS) is 13.9. The number of hydrogen-bond acceptors (Lipinski definition) is 8. The van der Waals surface area contributed by atoms with Crippen LogP contribution in [0.2, 0.25) is 0 Å². The first kappa shape index (κ1) is 18.5. The molecule has 2 amide bonds. The molecule has 0 saturated heterocycles. The standard InChI is InChI=1S/C21H14N4O3S2/c1-11-9-16(27)25(21(11)28)24-19-17-14(15-3-2-8-29-15)10-30-20(17)23-18(22-19)12-4-6-13(26)7-5-12/h2-10,26H,1H3,(H,22,23,24). The second kappa shape index (κ2) is 7.05. The molecule has 1 aliphatic heterocycles. The third-order valence-corrected chi connectivity index (χ3v) is 6.44. The van der Waals surface area contributed by atoms with Crippen molar-refractivity contribution in [3.8, 4) is 27.6 Å². The van der Waals surface area contributed by atoms with Gasteiger partial charge in [-0.3, -0.25) is 15.0 Å². The molecular formula is C21H14N4O3S2. The van der Waals surface area contributed by atoms with Gasteiger partial charge in [-0.1, -0.05) is 6.07 Å². The van der Waals surface area contributed by atoms with Gasteiger partial charge in [0.1, 0.15) is 10.6 Å². The zero-order valence-electron chi connectivity index (χ0n) is 15.6. The predicted octanol–water partition coefficient (Wildman–Crippen LogP) is 4.43. The van der Waals surface area contributed by atoms with Gasteiger partial charge in [-0.05, 0) is 42.6 Å². The summed E-state index contributed by atoms with van der Waals surface area (Å²) in [6.07, 6.45) is 1.29. The van der Waals surface area contributed by atoms with Gasteiger partial charge in [0.2, 0.25) is 0 Å². The van der Waals surface area contributed by atoms with Gasteiger partial charge in [0, 0.05) is 33.0 Å². The highest BCUT2D eigenvalue weighted by atomic mass is 32.1. The van der Waals surface area contributed by atoms with Gasteiger partial charge >= 0.3 is 0 Å². The molecule has 0 radical (unpaired) electrons. The molecule has 0 saturated carbocycles. The number of hydrazine groups is 1. The Kier molecular flexibility index (Phi) is 4.34. The molecule has 4 aromatic rings. The van der Waals surface area contributed by atoms with E-state index >= 15 is 0 Å². The number of nitrogens with zero attached hydrogens (tertiary/aromatic N) is 3. The maximum absolute atomic E-state index is 12.4. The lowest BCUT2D eigenvalue weighted by Crippen LogP contribution is -2.36. The summed E-state index contributed by atoms with van der Waals surface area (Å²) in [5.74, 6) is 0.0872. The van der Waals surface area contributed by atoms with Crippen molar-refractivity contribution >= 4 is 50.5 Å². The predicted molar refractivity (Wildman–Crippen MR) is 117 cm³/mol. The zero-order valence-corrected chi connectivity index (χ0v) is 17.3. The Bertz CT molecular complexity index is 1320. The van der Waals surface area contributed by atoms with Gasteiger partial charge in [0.05, 0.1) is 5.39 Å². The minimum atomic E-state index is -0.441. The maximum Gasteiger partial charge on any atom is 0.275 e. The van der Waals surface area contributed by atoms with Gasteiger partial charge in [0.15, 0.2) is 11.6 Å². The number of hydrogen-bond donors (Lipinski definition) is 2. The molecule has 5 rings (SSSR count). The topological polar surface area (TPSA) is 95.4 Å². The number of aromatic nitrogens is 2. The molecule has 0 unspecified atom stereocenters. The van der Waals surface area contributed by atoms with E-state index in [0.717, 1.165) is 25.7 Å². The monoisotopic (exact) mass is 434 g/mol. The fourth-order valence-corrected chi connectivity index (χ4v) is 4.94. The lowest BCUT2D eigenvalue weighted by Gasteiger charge is -2.18. The molecule has 7 nitrogen and oxygen atoms in total. The number of phenols is 1. The van der Waals surface area contributed by atoms with Crippen LogP contribution in [0, 0.1) is 0 Å². The van der Waals surface area contributed by atoms with E-state index in [9.17, 15) is 14.7 Å². The Labute approximate surface area is 178 Å². The second-order valence-corrected chi connectivity index (χ2v) is 8.47. The van der Waals surface area contributed by atoms with Gasteiger partial charge in [-0.15, -0.1) is 22.7 Å². The van der Waals surface area contributed by atoms with Gasteiger partial charge in [-0.2, -0.15) is 5.01 Å². The number of phenolic OH excluding ortho intramolecular Hbond substituents is 1. The van der Waals surface area contributed by atoms with Crippen LogP contribution in [0.4, 0.5) is 5.82 Å². The van der Waals surface area contributed by atoms with Crippen molar-refractivity contribution in [3.63, 3.8) is 0 Å². The lowest BCUT2D eigenvalue weighted by molar-refractivity contribution is -0.135. The van der Waals surface area contributed by atoms with E-state index in [0.29, 0.717) is 22.8 Å².